The summed E-state index contributed by atoms with van der Waals surface area (Å²) in [6.45, 7) is 3.73. The molecule has 74 valence electrons. The maximum atomic E-state index is 11.5. The third kappa shape index (κ3) is 2.80. The van der Waals surface area contributed by atoms with E-state index in [1.165, 1.54) is 0 Å². The van der Waals surface area contributed by atoms with Crippen LogP contribution in [0.2, 0.25) is 0 Å². The minimum atomic E-state index is -0.0862. The molecular weight excluding hydrogens is 176 g/mol. The highest BCUT2D eigenvalue weighted by Crippen LogP contribution is 2.06. The Balaban J connectivity index is 2.70. The van der Waals surface area contributed by atoms with Gasteiger partial charge in [0.05, 0.1) is 6.42 Å². The number of Topliss-reactive ketones (excluding diaryl/α,β-unsaturated/α-hetero) is 2. The molecule has 0 unspecified atom stereocenters. The van der Waals surface area contributed by atoms with Crippen molar-refractivity contribution in [1.29, 1.82) is 0 Å². The number of hydrogen-bond acceptors (Lipinski definition) is 2. The highest BCUT2D eigenvalue weighted by atomic mass is 16.1. The van der Waals surface area contributed by atoms with E-state index >= 15 is 0 Å². The molecule has 0 aliphatic heterocycles. The van der Waals surface area contributed by atoms with Crippen LogP contribution in [0.5, 0.6) is 0 Å². The first-order chi connectivity index (χ1) is 6.63. The van der Waals surface area contributed by atoms with Crippen LogP contribution in [0.4, 0.5) is 0 Å². The van der Waals surface area contributed by atoms with Gasteiger partial charge in [-0.2, -0.15) is 0 Å². The van der Waals surface area contributed by atoms with Crippen molar-refractivity contribution < 1.29 is 9.59 Å². The zero-order valence-corrected chi connectivity index (χ0v) is 8.54. The highest BCUT2D eigenvalue weighted by molar-refractivity contribution is 6.07. The first-order valence-corrected chi connectivity index (χ1v) is 4.75. The second-order valence-corrected chi connectivity index (χ2v) is 3.36. The van der Waals surface area contributed by atoms with Crippen LogP contribution in [-0.4, -0.2) is 11.6 Å². The summed E-state index contributed by atoms with van der Waals surface area (Å²) in [6, 6.07) is 7.29. The number of carbonyl (C=O) groups is 2. The lowest BCUT2D eigenvalue weighted by Gasteiger charge is -1.99. The molecule has 2 nitrogen and oxygen atoms in total. The lowest BCUT2D eigenvalue weighted by Crippen LogP contribution is -2.06. The molecule has 0 radical (unpaired) electrons. The topological polar surface area (TPSA) is 34.1 Å². The van der Waals surface area contributed by atoms with Crippen molar-refractivity contribution in [3.8, 4) is 0 Å². The SMILES string of the molecule is CCC(=O)CC(=O)c1ccc(C)cc1. The Morgan fingerprint density at radius 1 is 1.14 bits per heavy atom. The van der Waals surface area contributed by atoms with Gasteiger partial charge in [-0.05, 0) is 6.92 Å². The van der Waals surface area contributed by atoms with Gasteiger partial charge >= 0.3 is 0 Å². The lowest BCUT2D eigenvalue weighted by atomic mass is 10.0. The summed E-state index contributed by atoms with van der Waals surface area (Å²) >= 11 is 0. The van der Waals surface area contributed by atoms with E-state index in [2.05, 4.69) is 0 Å². The van der Waals surface area contributed by atoms with Gasteiger partial charge in [0.25, 0.3) is 0 Å². The fourth-order valence-corrected chi connectivity index (χ4v) is 1.15. The van der Waals surface area contributed by atoms with Gasteiger partial charge in [-0.3, -0.25) is 9.59 Å². The molecule has 0 saturated carbocycles. The van der Waals surface area contributed by atoms with Crippen LogP contribution in [0, 0.1) is 6.92 Å². The molecular formula is C12H14O2. The van der Waals surface area contributed by atoms with E-state index in [1.807, 2.05) is 19.1 Å². The second kappa shape index (κ2) is 4.70. The quantitative estimate of drug-likeness (QED) is 0.540. The zero-order chi connectivity index (χ0) is 10.6. The fraction of sp³-hybridized carbons (Fsp3) is 0.333. The van der Waals surface area contributed by atoms with Crippen LogP contribution in [0.1, 0.15) is 35.7 Å². The number of carbonyl (C=O) groups excluding carboxylic acids is 2. The predicted octanol–water partition coefficient (Wildman–Crippen LogP) is 2.55. The summed E-state index contributed by atoms with van der Waals surface area (Å²) in [4.78, 5) is 22.5. The summed E-state index contributed by atoms with van der Waals surface area (Å²) in [7, 11) is 0. The summed E-state index contributed by atoms with van der Waals surface area (Å²) in [5.41, 5.74) is 1.74. The van der Waals surface area contributed by atoms with Gasteiger partial charge in [0.15, 0.2) is 5.78 Å². The standard InChI is InChI=1S/C12H14O2/c1-3-11(13)8-12(14)10-6-4-9(2)5-7-10/h4-7H,3,8H2,1-2H3. The van der Waals surface area contributed by atoms with E-state index < -0.39 is 0 Å². The van der Waals surface area contributed by atoms with Crippen LogP contribution in [0.3, 0.4) is 0 Å². The molecule has 1 aromatic carbocycles. The van der Waals surface area contributed by atoms with Crippen molar-refractivity contribution in [3.05, 3.63) is 35.4 Å². The average Bonchev–Trinajstić information content (AvgIpc) is 2.18. The Morgan fingerprint density at radius 3 is 2.21 bits per heavy atom. The molecule has 0 aromatic heterocycles. The molecule has 1 aromatic rings. The molecule has 0 bridgehead atoms. The van der Waals surface area contributed by atoms with E-state index in [0.29, 0.717) is 12.0 Å². The van der Waals surface area contributed by atoms with Crippen molar-refractivity contribution in [2.45, 2.75) is 26.7 Å². The molecule has 0 saturated heterocycles. The molecule has 0 amide bonds. The first-order valence-electron chi connectivity index (χ1n) is 4.75. The van der Waals surface area contributed by atoms with E-state index in [1.54, 1.807) is 19.1 Å². The van der Waals surface area contributed by atoms with E-state index in [-0.39, 0.29) is 18.0 Å². The minimum Gasteiger partial charge on any atom is -0.299 e. The lowest BCUT2D eigenvalue weighted by molar-refractivity contribution is -0.117. The monoisotopic (exact) mass is 190 g/mol. The summed E-state index contributed by atoms with van der Waals surface area (Å²) in [5, 5.41) is 0. The number of rotatable bonds is 4. The molecule has 0 aliphatic rings. The highest BCUT2D eigenvalue weighted by Gasteiger charge is 2.09. The molecule has 14 heavy (non-hydrogen) atoms. The van der Waals surface area contributed by atoms with E-state index in [9.17, 15) is 9.59 Å². The smallest absolute Gasteiger partial charge is 0.170 e. The Labute approximate surface area is 83.9 Å². The largest absolute Gasteiger partial charge is 0.299 e. The molecule has 0 atom stereocenters. The third-order valence-corrected chi connectivity index (χ3v) is 2.13. The first kappa shape index (κ1) is 10.6. The molecule has 2 heteroatoms. The van der Waals surface area contributed by atoms with Gasteiger partial charge in [-0.15, -0.1) is 0 Å². The summed E-state index contributed by atoms with van der Waals surface area (Å²) < 4.78 is 0. The maximum Gasteiger partial charge on any atom is 0.170 e. The van der Waals surface area contributed by atoms with Crippen molar-refractivity contribution in [1.82, 2.24) is 0 Å². The van der Waals surface area contributed by atoms with Crippen molar-refractivity contribution in [2.24, 2.45) is 0 Å². The Kier molecular flexibility index (Phi) is 3.57. The molecule has 0 fully saturated rings. The van der Waals surface area contributed by atoms with Gasteiger partial charge < -0.3 is 0 Å². The number of benzene rings is 1. The van der Waals surface area contributed by atoms with Crippen LogP contribution in [0.25, 0.3) is 0 Å². The zero-order valence-electron chi connectivity index (χ0n) is 8.54. The van der Waals surface area contributed by atoms with Crippen molar-refractivity contribution >= 4 is 11.6 Å². The Hall–Kier alpha value is -1.44. The fourth-order valence-electron chi connectivity index (χ4n) is 1.15. The van der Waals surface area contributed by atoms with Crippen LogP contribution in [0.15, 0.2) is 24.3 Å². The van der Waals surface area contributed by atoms with Crippen molar-refractivity contribution in [2.75, 3.05) is 0 Å². The van der Waals surface area contributed by atoms with Crippen molar-refractivity contribution in [3.63, 3.8) is 0 Å². The average molecular weight is 190 g/mol. The number of aryl methyl sites for hydroxylation is 1. The maximum absolute atomic E-state index is 11.5. The van der Waals surface area contributed by atoms with Gasteiger partial charge in [-0.25, -0.2) is 0 Å². The summed E-state index contributed by atoms with van der Waals surface area (Å²) in [5.74, 6) is -0.0903. The third-order valence-electron chi connectivity index (χ3n) is 2.13. The second-order valence-electron chi connectivity index (χ2n) is 3.36. The van der Waals surface area contributed by atoms with Crippen LogP contribution in [-0.2, 0) is 4.79 Å². The molecule has 0 spiro atoms. The van der Waals surface area contributed by atoms with E-state index in [0.717, 1.165) is 5.56 Å². The number of hydrogen-bond donors (Lipinski definition) is 0. The molecule has 0 N–H and O–H groups in total. The van der Waals surface area contributed by atoms with E-state index in [4.69, 9.17) is 0 Å². The minimum absolute atomic E-state index is 0.00410. The number of ketones is 2. The van der Waals surface area contributed by atoms with Gasteiger partial charge in [0.1, 0.15) is 5.78 Å². The predicted molar refractivity (Wildman–Crippen MR) is 55.4 cm³/mol. The Morgan fingerprint density at radius 2 is 1.71 bits per heavy atom. The molecule has 1 rings (SSSR count). The van der Waals surface area contributed by atoms with Crippen LogP contribution >= 0.6 is 0 Å². The van der Waals surface area contributed by atoms with Gasteiger partial charge in [0.2, 0.25) is 0 Å². The van der Waals surface area contributed by atoms with Gasteiger partial charge in [0, 0.05) is 12.0 Å². The molecule has 0 aliphatic carbocycles. The Bertz CT molecular complexity index is 336. The van der Waals surface area contributed by atoms with Crippen LogP contribution < -0.4 is 0 Å². The normalized spacial score (nSPS) is 9.86. The summed E-state index contributed by atoms with van der Waals surface area (Å²) in [6.07, 6.45) is 0.456. The molecule has 0 heterocycles. The van der Waals surface area contributed by atoms with Gasteiger partial charge in [-0.1, -0.05) is 36.8 Å².